The van der Waals surface area contributed by atoms with E-state index >= 15 is 0 Å². The molecule has 0 aliphatic carbocycles. The first kappa shape index (κ1) is 13.0. The molecule has 0 aromatic heterocycles. The molecule has 0 radical (unpaired) electrons. The van der Waals surface area contributed by atoms with Crippen molar-refractivity contribution in [2.24, 2.45) is 0 Å². The molecule has 1 heterocycles. The Labute approximate surface area is 96.3 Å². The Balaban J connectivity index is 3.59. The van der Waals surface area contributed by atoms with Crippen LogP contribution in [0.4, 0.5) is 0 Å². The number of hydrazine groups is 1. The molecule has 3 N–H and O–H groups in total. The van der Waals surface area contributed by atoms with E-state index in [1.165, 1.54) is 14.1 Å². The SMILES string of the molecule is CN1C(C(=O)O)=C(C(=O)O)C(C)(C(=O)O)N1C. The molecule has 1 unspecified atom stereocenters. The first-order valence-electron chi connectivity index (χ1n) is 4.57. The number of nitrogens with zero attached hydrogens (tertiary/aromatic N) is 2. The van der Waals surface area contributed by atoms with Crippen LogP contribution in [-0.2, 0) is 14.4 Å². The molecule has 0 spiro atoms. The molecule has 0 bridgehead atoms. The number of hydrogen-bond acceptors (Lipinski definition) is 5. The summed E-state index contributed by atoms with van der Waals surface area (Å²) >= 11 is 0. The van der Waals surface area contributed by atoms with Gasteiger partial charge in [0, 0.05) is 14.1 Å². The predicted molar refractivity (Wildman–Crippen MR) is 53.9 cm³/mol. The van der Waals surface area contributed by atoms with E-state index in [4.69, 9.17) is 15.3 Å². The molecular weight excluding hydrogens is 232 g/mol. The third kappa shape index (κ3) is 1.53. The molecule has 0 saturated carbocycles. The fourth-order valence-corrected chi connectivity index (χ4v) is 1.80. The van der Waals surface area contributed by atoms with E-state index in [2.05, 4.69) is 0 Å². The Hall–Kier alpha value is -2.09. The summed E-state index contributed by atoms with van der Waals surface area (Å²) < 4.78 is 0. The lowest BCUT2D eigenvalue weighted by Gasteiger charge is -2.32. The van der Waals surface area contributed by atoms with E-state index < -0.39 is 34.7 Å². The molecule has 8 heteroatoms. The van der Waals surface area contributed by atoms with Crippen LogP contribution in [0.25, 0.3) is 0 Å². The smallest absolute Gasteiger partial charge is 0.354 e. The number of carbonyl (C=O) groups is 3. The summed E-state index contributed by atoms with van der Waals surface area (Å²) in [6.07, 6.45) is 0. The second-order valence-corrected chi connectivity index (χ2v) is 3.76. The van der Waals surface area contributed by atoms with Crippen molar-refractivity contribution in [3.63, 3.8) is 0 Å². The zero-order valence-electron chi connectivity index (χ0n) is 9.46. The molecule has 0 fully saturated rings. The summed E-state index contributed by atoms with van der Waals surface area (Å²) in [5.74, 6) is -4.48. The average Bonchev–Trinajstić information content (AvgIpc) is 2.40. The van der Waals surface area contributed by atoms with Gasteiger partial charge in [0.1, 0.15) is 5.57 Å². The maximum absolute atomic E-state index is 11.2. The normalized spacial score (nSPS) is 25.2. The standard InChI is InChI=1S/C9H12N2O6/c1-9(8(16)17)4(6(12)13)5(7(14)15)10(2)11(9)3/h1-3H3,(H,12,13)(H,14,15)(H,16,17). The number of hydrogen-bond donors (Lipinski definition) is 3. The molecule has 1 rings (SSSR count). The number of rotatable bonds is 3. The Morgan fingerprint density at radius 2 is 1.53 bits per heavy atom. The van der Waals surface area contributed by atoms with Crippen LogP contribution in [0.3, 0.4) is 0 Å². The summed E-state index contributed by atoms with van der Waals surface area (Å²) in [5, 5.41) is 29.1. The van der Waals surface area contributed by atoms with E-state index in [0.717, 1.165) is 16.9 Å². The van der Waals surface area contributed by atoms with Crippen molar-refractivity contribution >= 4 is 17.9 Å². The zero-order chi connectivity index (χ0) is 13.5. The van der Waals surface area contributed by atoms with Gasteiger partial charge in [-0.25, -0.2) is 19.4 Å². The van der Waals surface area contributed by atoms with Gasteiger partial charge in [-0.1, -0.05) is 0 Å². The summed E-state index contributed by atoms with van der Waals surface area (Å²) in [7, 11) is 2.60. The molecule has 94 valence electrons. The Morgan fingerprint density at radius 1 is 1.06 bits per heavy atom. The van der Waals surface area contributed by atoms with Crippen LogP contribution in [0.5, 0.6) is 0 Å². The van der Waals surface area contributed by atoms with Crippen LogP contribution < -0.4 is 0 Å². The summed E-state index contributed by atoms with van der Waals surface area (Å²) in [4.78, 5) is 33.3. The molecule has 17 heavy (non-hydrogen) atoms. The molecule has 8 nitrogen and oxygen atoms in total. The summed E-state index contributed by atoms with van der Waals surface area (Å²) in [6, 6.07) is 0. The van der Waals surface area contributed by atoms with Crippen LogP contribution in [0.1, 0.15) is 6.92 Å². The Kier molecular flexibility index (Phi) is 2.85. The lowest BCUT2D eigenvalue weighted by atomic mass is 9.91. The number of carboxylic acids is 3. The minimum atomic E-state index is -1.91. The van der Waals surface area contributed by atoms with Gasteiger partial charge in [0.15, 0.2) is 11.2 Å². The zero-order valence-corrected chi connectivity index (χ0v) is 9.46. The number of likely N-dealkylation sites (N-methyl/N-ethyl adjacent to an activating group) is 2. The van der Waals surface area contributed by atoms with E-state index in [1.807, 2.05) is 0 Å². The van der Waals surface area contributed by atoms with E-state index in [0.29, 0.717) is 0 Å². The van der Waals surface area contributed by atoms with Gasteiger partial charge in [0.05, 0.1) is 0 Å². The summed E-state index contributed by atoms with van der Waals surface area (Å²) in [5.41, 5.74) is -3.12. The molecule has 0 amide bonds. The topological polar surface area (TPSA) is 118 Å². The predicted octanol–water partition coefficient (Wildman–Crippen LogP) is -0.955. The monoisotopic (exact) mass is 244 g/mol. The van der Waals surface area contributed by atoms with Gasteiger partial charge in [-0.05, 0) is 6.92 Å². The third-order valence-electron chi connectivity index (χ3n) is 2.98. The van der Waals surface area contributed by atoms with E-state index in [1.54, 1.807) is 0 Å². The van der Waals surface area contributed by atoms with Crippen molar-refractivity contribution in [1.82, 2.24) is 10.0 Å². The van der Waals surface area contributed by atoms with Crippen LogP contribution >= 0.6 is 0 Å². The molecule has 1 atom stereocenters. The van der Waals surface area contributed by atoms with Gasteiger partial charge in [-0.3, -0.25) is 0 Å². The number of carboxylic acid groups (broad SMARTS) is 3. The average molecular weight is 244 g/mol. The second-order valence-electron chi connectivity index (χ2n) is 3.76. The molecule has 1 aliphatic heterocycles. The fourth-order valence-electron chi connectivity index (χ4n) is 1.80. The van der Waals surface area contributed by atoms with Gasteiger partial charge < -0.3 is 20.3 Å². The Morgan fingerprint density at radius 3 is 1.82 bits per heavy atom. The molecule has 0 aromatic rings. The van der Waals surface area contributed by atoms with Crippen molar-refractivity contribution in [3.05, 3.63) is 11.3 Å². The highest BCUT2D eigenvalue weighted by Gasteiger charge is 2.55. The maximum Gasteiger partial charge on any atom is 0.354 e. The molecule has 0 saturated heterocycles. The minimum Gasteiger partial charge on any atom is -0.480 e. The van der Waals surface area contributed by atoms with Gasteiger partial charge >= 0.3 is 17.9 Å². The third-order valence-corrected chi connectivity index (χ3v) is 2.98. The molecule has 0 aromatic carbocycles. The highest BCUT2D eigenvalue weighted by atomic mass is 16.4. The van der Waals surface area contributed by atoms with Gasteiger partial charge in [-0.15, -0.1) is 0 Å². The van der Waals surface area contributed by atoms with Gasteiger partial charge in [-0.2, -0.15) is 0 Å². The molecular formula is C9H12N2O6. The quantitative estimate of drug-likeness (QED) is 0.581. The first-order chi connectivity index (χ1) is 7.65. The lowest BCUT2D eigenvalue weighted by Crippen LogP contribution is -2.53. The van der Waals surface area contributed by atoms with Crippen LogP contribution in [0, 0.1) is 0 Å². The van der Waals surface area contributed by atoms with Crippen LogP contribution in [0.15, 0.2) is 11.3 Å². The number of aliphatic carboxylic acids is 3. The van der Waals surface area contributed by atoms with E-state index in [-0.39, 0.29) is 0 Å². The van der Waals surface area contributed by atoms with Crippen molar-refractivity contribution < 1.29 is 29.7 Å². The summed E-state index contributed by atoms with van der Waals surface area (Å²) in [6.45, 7) is 1.14. The van der Waals surface area contributed by atoms with Crippen molar-refractivity contribution in [2.45, 2.75) is 12.5 Å². The van der Waals surface area contributed by atoms with Crippen molar-refractivity contribution in [2.75, 3.05) is 14.1 Å². The van der Waals surface area contributed by atoms with Gasteiger partial charge in [0.2, 0.25) is 0 Å². The highest BCUT2D eigenvalue weighted by molar-refractivity contribution is 6.06. The second kappa shape index (κ2) is 3.74. The van der Waals surface area contributed by atoms with E-state index in [9.17, 15) is 14.4 Å². The maximum atomic E-state index is 11.2. The molecule has 1 aliphatic rings. The van der Waals surface area contributed by atoms with Crippen LogP contribution in [0.2, 0.25) is 0 Å². The highest BCUT2D eigenvalue weighted by Crippen LogP contribution is 2.36. The van der Waals surface area contributed by atoms with Gasteiger partial charge in [0.25, 0.3) is 0 Å². The van der Waals surface area contributed by atoms with Crippen molar-refractivity contribution in [1.29, 1.82) is 0 Å². The van der Waals surface area contributed by atoms with Crippen molar-refractivity contribution in [3.8, 4) is 0 Å². The largest absolute Gasteiger partial charge is 0.480 e. The first-order valence-corrected chi connectivity index (χ1v) is 4.57. The fraction of sp³-hybridized carbons (Fsp3) is 0.444. The Bertz CT molecular complexity index is 443. The lowest BCUT2D eigenvalue weighted by molar-refractivity contribution is -0.155. The van der Waals surface area contributed by atoms with Crippen LogP contribution in [-0.4, -0.2) is 62.9 Å². The minimum absolute atomic E-state index is 0.551.